The third-order valence-electron chi connectivity index (χ3n) is 2.28. The highest BCUT2D eigenvalue weighted by molar-refractivity contribution is 6.34. The number of benzene rings is 1. The molecule has 0 aliphatic carbocycles. The van der Waals surface area contributed by atoms with Gasteiger partial charge in [0.25, 0.3) is 0 Å². The summed E-state index contributed by atoms with van der Waals surface area (Å²) in [6, 6.07) is 4.97. The minimum atomic E-state index is -4.61. The van der Waals surface area contributed by atoms with Gasteiger partial charge in [0, 0.05) is 23.2 Å². The van der Waals surface area contributed by atoms with Gasteiger partial charge in [0.2, 0.25) is 11.8 Å². The molecule has 9 heteroatoms. The summed E-state index contributed by atoms with van der Waals surface area (Å²) in [6.07, 6.45) is -4.61. The first-order valence-corrected chi connectivity index (χ1v) is 6.31. The molecule has 0 aliphatic heterocycles. The lowest BCUT2D eigenvalue weighted by Crippen LogP contribution is -2.11. The van der Waals surface area contributed by atoms with Crippen molar-refractivity contribution in [1.82, 2.24) is 9.97 Å². The fourth-order valence-corrected chi connectivity index (χ4v) is 1.95. The van der Waals surface area contributed by atoms with Crippen LogP contribution in [0.25, 0.3) is 0 Å². The van der Waals surface area contributed by atoms with E-state index in [1.807, 2.05) is 0 Å². The molecule has 1 heterocycles. The van der Waals surface area contributed by atoms with Crippen molar-refractivity contribution in [1.29, 1.82) is 0 Å². The highest BCUT2D eigenvalue weighted by atomic mass is 35.5. The molecule has 21 heavy (non-hydrogen) atoms. The maximum absolute atomic E-state index is 12.7. The largest absolute Gasteiger partial charge is 0.439 e. The summed E-state index contributed by atoms with van der Waals surface area (Å²) in [7, 11) is 1.40. The number of nitrogens with zero attached hydrogens (tertiary/aromatic N) is 2. The van der Waals surface area contributed by atoms with Crippen LogP contribution in [0.5, 0.6) is 11.6 Å². The van der Waals surface area contributed by atoms with E-state index in [9.17, 15) is 13.2 Å². The van der Waals surface area contributed by atoms with Crippen LogP contribution in [0.2, 0.25) is 10.0 Å². The molecule has 0 saturated heterocycles. The summed E-state index contributed by atoms with van der Waals surface area (Å²) in [5, 5.41) is 3.01. The van der Waals surface area contributed by atoms with Crippen LogP contribution in [0.4, 0.5) is 19.1 Å². The van der Waals surface area contributed by atoms with Crippen molar-refractivity contribution in [3.63, 3.8) is 0 Å². The number of alkyl halides is 3. The zero-order valence-electron chi connectivity index (χ0n) is 10.5. The molecule has 0 radical (unpaired) electrons. The Morgan fingerprint density at radius 2 is 1.67 bits per heavy atom. The topological polar surface area (TPSA) is 47.0 Å². The molecule has 1 aromatic heterocycles. The molecule has 0 saturated carbocycles. The summed E-state index contributed by atoms with van der Waals surface area (Å²) >= 11 is 11.6. The highest BCUT2D eigenvalue weighted by Gasteiger charge is 2.34. The molecule has 0 unspecified atom stereocenters. The van der Waals surface area contributed by atoms with E-state index in [1.165, 1.54) is 25.2 Å². The first-order chi connectivity index (χ1) is 9.77. The van der Waals surface area contributed by atoms with Crippen LogP contribution >= 0.6 is 23.2 Å². The molecule has 0 bridgehead atoms. The summed E-state index contributed by atoms with van der Waals surface area (Å²) in [5.41, 5.74) is -1.12. The van der Waals surface area contributed by atoms with Crippen molar-refractivity contribution in [2.45, 2.75) is 6.18 Å². The maximum atomic E-state index is 12.7. The Labute approximate surface area is 127 Å². The van der Waals surface area contributed by atoms with Gasteiger partial charge in [-0.2, -0.15) is 18.2 Å². The van der Waals surface area contributed by atoms with E-state index >= 15 is 0 Å². The molecule has 0 aliphatic rings. The van der Waals surface area contributed by atoms with Crippen LogP contribution in [-0.4, -0.2) is 17.0 Å². The molecule has 0 atom stereocenters. The number of hydrogen-bond acceptors (Lipinski definition) is 4. The Hall–Kier alpha value is -1.73. The van der Waals surface area contributed by atoms with Gasteiger partial charge in [0.1, 0.15) is 5.75 Å². The normalized spacial score (nSPS) is 11.3. The lowest BCUT2D eigenvalue weighted by molar-refractivity contribution is -0.141. The smallest absolute Gasteiger partial charge is 0.433 e. The number of anilines is 1. The Morgan fingerprint density at radius 1 is 1.05 bits per heavy atom. The van der Waals surface area contributed by atoms with Gasteiger partial charge in [-0.05, 0) is 18.2 Å². The minimum absolute atomic E-state index is 0.168. The fourth-order valence-electron chi connectivity index (χ4n) is 1.44. The molecular formula is C12H8Cl2F3N3O. The maximum Gasteiger partial charge on any atom is 0.433 e. The molecule has 112 valence electrons. The molecule has 2 aromatic rings. The van der Waals surface area contributed by atoms with Crippen molar-refractivity contribution >= 4 is 29.2 Å². The molecule has 4 nitrogen and oxygen atoms in total. The molecule has 1 N–H and O–H groups in total. The average molecular weight is 338 g/mol. The lowest BCUT2D eigenvalue weighted by Gasteiger charge is -2.11. The van der Waals surface area contributed by atoms with Gasteiger partial charge in [0.05, 0.1) is 0 Å². The second kappa shape index (κ2) is 5.95. The minimum Gasteiger partial charge on any atom is -0.439 e. The molecule has 1 aromatic carbocycles. The van der Waals surface area contributed by atoms with Crippen LogP contribution in [0.15, 0.2) is 24.3 Å². The van der Waals surface area contributed by atoms with E-state index in [0.717, 1.165) is 0 Å². The van der Waals surface area contributed by atoms with Gasteiger partial charge in [-0.1, -0.05) is 23.2 Å². The predicted octanol–water partition coefficient (Wildman–Crippen LogP) is 4.64. The Kier molecular flexibility index (Phi) is 4.43. The van der Waals surface area contributed by atoms with Gasteiger partial charge in [0.15, 0.2) is 5.69 Å². The number of halogens is 5. The Balaban J connectivity index is 2.39. The third kappa shape index (κ3) is 4.12. The van der Waals surface area contributed by atoms with E-state index in [2.05, 4.69) is 15.3 Å². The van der Waals surface area contributed by atoms with Gasteiger partial charge in [-0.3, -0.25) is 0 Å². The van der Waals surface area contributed by atoms with Crippen molar-refractivity contribution in [3.8, 4) is 11.6 Å². The van der Waals surface area contributed by atoms with Crippen molar-refractivity contribution in [3.05, 3.63) is 40.0 Å². The van der Waals surface area contributed by atoms with Gasteiger partial charge < -0.3 is 10.1 Å². The first kappa shape index (κ1) is 15.7. The van der Waals surface area contributed by atoms with E-state index < -0.39 is 11.9 Å². The zero-order chi connectivity index (χ0) is 15.6. The lowest BCUT2D eigenvalue weighted by atomic mass is 10.3. The van der Waals surface area contributed by atoms with Crippen molar-refractivity contribution in [2.24, 2.45) is 0 Å². The van der Waals surface area contributed by atoms with E-state index in [4.69, 9.17) is 27.9 Å². The molecular weight excluding hydrogens is 330 g/mol. The summed E-state index contributed by atoms with van der Waals surface area (Å²) < 4.78 is 43.5. The van der Waals surface area contributed by atoms with Crippen LogP contribution in [-0.2, 0) is 6.18 Å². The number of ether oxygens (including phenoxy) is 1. The van der Waals surface area contributed by atoms with E-state index in [1.54, 1.807) is 0 Å². The monoisotopic (exact) mass is 337 g/mol. The number of rotatable bonds is 3. The fraction of sp³-hybridized carbons (Fsp3) is 0.167. The number of aromatic nitrogens is 2. The SMILES string of the molecule is CNc1nc(Oc2cc(Cl)cc(Cl)c2)cc(C(F)(F)F)n1. The summed E-state index contributed by atoms with van der Waals surface area (Å²) in [5.74, 6) is -0.325. The van der Waals surface area contributed by atoms with Crippen LogP contribution < -0.4 is 10.1 Å². The van der Waals surface area contributed by atoms with Crippen LogP contribution in [0, 0.1) is 0 Å². The van der Waals surface area contributed by atoms with E-state index in [0.29, 0.717) is 6.07 Å². The number of hydrogen-bond donors (Lipinski definition) is 1. The van der Waals surface area contributed by atoms with Crippen LogP contribution in [0.1, 0.15) is 5.69 Å². The predicted molar refractivity (Wildman–Crippen MR) is 73.1 cm³/mol. The summed E-state index contributed by atoms with van der Waals surface area (Å²) in [6.45, 7) is 0. The quantitative estimate of drug-likeness (QED) is 0.886. The Bertz CT molecular complexity index is 644. The van der Waals surface area contributed by atoms with Crippen molar-refractivity contribution in [2.75, 3.05) is 12.4 Å². The Morgan fingerprint density at radius 3 is 2.19 bits per heavy atom. The molecule has 0 amide bonds. The molecule has 0 fully saturated rings. The molecule has 2 rings (SSSR count). The first-order valence-electron chi connectivity index (χ1n) is 5.56. The second-order valence-electron chi connectivity index (χ2n) is 3.87. The average Bonchev–Trinajstić information content (AvgIpc) is 2.36. The third-order valence-corrected chi connectivity index (χ3v) is 2.71. The second-order valence-corrected chi connectivity index (χ2v) is 4.74. The standard InChI is InChI=1S/C12H8Cl2F3N3O/c1-18-11-19-9(12(15,16)17)5-10(20-11)21-8-3-6(13)2-7(14)4-8/h2-5H,1H3,(H,18,19,20). The zero-order valence-corrected chi connectivity index (χ0v) is 12.0. The highest BCUT2D eigenvalue weighted by Crippen LogP contribution is 2.32. The summed E-state index contributed by atoms with van der Waals surface area (Å²) in [4.78, 5) is 7.11. The van der Waals surface area contributed by atoms with E-state index in [-0.39, 0.29) is 27.6 Å². The van der Waals surface area contributed by atoms with Crippen LogP contribution in [0.3, 0.4) is 0 Å². The van der Waals surface area contributed by atoms with Gasteiger partial charge in [-0.15, -0.1) is 0 Å². The van der Waals surface area contributed by atoms with Gasteiger partial charge in [-0.25, -0.2) is 4.98 Å². The van der Waals surface area contributed by atoms with Gasteiger partial charge >= 0.3 is 6.18 Å². The number of nitrogens with one attached hydrogen (secondary N) is 1. The molecule has 0 spiro atoms. The van der Waals surface area contributed by atoms with Crippen molar-refractivity contribution < 1.29 is 17.9 Å².